The Balaban J connectivity index is 1.59. The van der Waals surface area contributed by atoms with Crippen LogP contribution in [0.4, 0.5) is 0 Å². The molecule has 1 aliphatic carbocycles. The summed E-state index contributed by atoms with van der Waals surface area (Å²) in [6, 6.07) is 8.80. The van der Waals surface area contributed by atoms with Crippen LogP contribution in [0.2, 0.25) is 0 Å². The SMILES string of the molecule is CN(C)C(=O)CN=C(NCCc1c[nH]c2ccccc12)NC1CCCCC1. The van der Waals surface area contributed by atoms with Gasteiger partial charge in [0.1, 0.15) is 6.54 Å². The number of carbonyl (C=O) groups is 1. The number of amides is 1. The number of para-hydroxylation sites is 1. The van der Waals surface area contributed by atoms with E-state index >= 15 is 0 Å². The van der Waals surface area contributed by atoms with Crippen molar-refractivity contribution in [3.63, 3.8) is 0 Å². The summed E-state index contributed by atoms with van der Waals surface area (Å²) in [5.41, 5.74) is 2.46. The monoisotopic (exact) mass is 369 g/mol. The first kappa shape index (κ1) is 19.3. The molecule has 0 saturated heterocycles. The average Bonchev–Trinajstić information content (AvgIpc) is 3.09. The summed E-state index contributed by atoms with van der Waals surface area (Å²) < 4.78 is 0. The number of nitrogens with zero attached hydrogens (tertiary/aromatic N) is 2. The molecule has 146 valence electrons. The number of guanidine groups is 1. The molecule has 27 heavy (non-hydrogen) atoms. The van der Waals surface area contributed by atoms with Gasteiger partial charge in [-0.25, -0.2) is 4.99 Å². The number of aromatic amines is 1. The van der Waals surface area contributed by atoms with Crippen LogP contribution in [0.15, 0.2) is 35.5 Å². The van der Waals surface area contributed by atoms with Crippen LogP contribution in [0.5, 0.6) is 0 Å². The minimum Gasteiger partial charge on any atom is -0.361 e. The number of likely N-dealkylation sites (N-methyl/N-ethyl adjacent to an activating group) is 1. The molecule has 1 aliphatic rings. The number of H-pyrrole nitrogens is 1. The van der Waals surface area contributed by atoms with Crippen molar-refractivity contribution in [2.45, 2.75) is 44.6 Å². The predicted octanol–water partition coefficient (Wildman–Crippen LogP) is 2.67. The minimum absolute atomic E-state index is 0.0105. The first-order valence-electron chi connectivity index (χ1n) is 9.93. The summed E-state index contributed by atoms with van der Waals surface area (Å²) in [5.74, 6) is 0.758. The van der Waals surface area contributed by atoms with Crippen LogP contribution in [-0.2, 0) is 11.2 Å². The van der Waals surface area contributed by atoms with Gasteiger partial charge in [-0.15, -0.1) is 0 Å². The Morgan fingerprint density at radius 2 is 2.00 bits per heavy atom. The van der Waals surface area contributed by atoms with Crippen molar-refractivity contribution in [2.75, 3.05) is 27.2 Å². The molecule has 1 amide bonds. The summed E-state index contributed by atoms with van der Waals surface area (Å²) in [5, 5.41) is 8.21. The maximum Gasteiger partial charge on any atom is 0.243 e. The highest BCUT2D eigenvalue weighted by Gasteiger charge is 2.15. The number of hydrogen-bond acceptors (Lipinski definition) is 2. The van der Waals surface area contributed by atoms with Gasteiger partial charge in [0.15, 0.2) is 5.96 Å². The lowest BCUT2D eigenvalue weighted by atomic mass is 9.96. The van der Waals surface area contributed by atoms with Gasteiger partial charge in [0.25, 0.3) is 0 Å². The average molecular weight is 370 g/mol. The van der Waals surface area contributed by atoms with Gasteiger partial charge in [-0.1, -0.05) is 37.5 Å². The van der Waals surface area contributed by atoms with Gasteiger partial charge in [-0.3, -0.25) is 4.79 Å². The number of rotatable bonds is 6. The number of nitrogens with one attached hydrogen (secondary N) is 3. The molecule has 3 N–H and O–H groups in total. The Kier molecular flexibility index (Phi) is 6.74. The van der Waals surface area contributed by atoms with Crippen molar-refractivity contribution in [1.29, 1.82) is 0 Å². The lowest BCUT2D eigenvalue weighted by molar-refractivity contribution is -0.127. The van der Waals surface area contributed by atoms with Crippen LogP contribution in [0.3, 0.4) is 0 Å². The first-order valence-corrected chi connectivity index (χ1v) is 9.93. The molecule has 0 aliphatic heterocycles. The van der Waals surface area contributed by atoms with Crippen LogP contribution >= 0.6 is 0 Å². The molecular weight excluding hydrogens is 338 g/mol. The second-order valence-corrected chi connectivity index (χ2v) is 7.47. The van der Waals surface area contributed by atoms with E-state index in [2.05, 4.69) is 45.0 Å². The molecule has 0 bridgehead atoms. The van der Waals surface area contributed by atoms with Crippen LogP contribution in [-0.4, -0.2) is 55.0 Å². The second-order valence-electron chi connectivity index (χ2n) is 7.47. The van der Waals surface area contributed by atoms with E-state index in [9.17, 15) is 4.79 Å². The number of carbonyl (C=O) groups excluding carboxylic acids is 1. The molecule has 1 aromatic carbocycles. The summed E-state index contributed by atoms with van der Waals surface area (Å²) in [7, 11) is 3.52. The van der Waals surface area contributed by atoms with E-state index in [1.807, 2.05) is 6.07 Å². The lowest BCUT2D eigenvalue weighted by Gasteiger charge is -2.25. The summed E-state index contributed by atoms with van der Waals surface area (Å²) in [4.78, 5) is 21.3. The number of benzene rings is 1. The van der Waals surface area contributed by atoms with Crippen LogP contribution in [0.25, 0.3) is 10.9 Å². The molecule has 0 unspecified atom stereocenters. The molecule has 0 radical (unpaired) electrons. The highest BCUT2D eigenvalue weighted by Crippen LogP contribution is 2.18. The molecule has 1 heterocycles. The van der Waals surface area contributed by atoms with Gasteiger partial charge in [0, 0.05) is 43.8 Å². The first-order chi connectivity index (χ1) is 13.1. The molecule has 1 aromatic heterocycles. The largest absolute Gasteiger partial charge is 0.361 e. The van der Waals surface area contributed by atoms with E-state index < -0.39 is 0 Å². The fraction of sp³-hybridized carbons (Fsp3) is 0.524. The van der Waals surface area contributed by atoms with Gasteiger partial charge in [-0.2, -0.15) is 0 Å². The van der Waals surface area contributed by atoms with Crippen molar-refractivity contribution in [3.05, 3.63) is 36.0 Å². The van der Waals surface area contributed by atoms with Gasteiger partial charge in [0.05, 0.1) is 0 Å². The molecule has 1 saturated carbocycles. The third-order valence-electron chi connectivity index (χ3n) is 5.18. The fourth-order valence-corrected chi connectivity index (χ4v) is 3.53. The smallest absolute Gasteiger partial charge is 0.243 e. The Morgan fingerprint density at radius 1 is 1.22 bits per heavy atom. The van der Waals surface area contributed by atoms with Crippen molar-refractivity contribution < 1.29 is 4.79 Å². The van der Waals surface area contributed by atoms with Gasteiger partial charge in [0.2, 0.25) is 5.91 Å². The van der Waals surface area contributed by atoms with Crippen molar-refractivity contribution >= 4 is 22.8 Å². The second kappa shape index (κ2) is 9.44. The quantitative estimate of drug-likeness (QED) is 0.541. The molecule has 2 aromatic rings. The van der Waals surface area contributed by atoms with Crippen molar-refractivity contribution in [1.82, 2.24) is 20.5 Å². The van der Waals surface area contributed by atoms with Crippen LogP contribution in [0, 0.1) is 0 Å². The van der Waals surface area contributed by atoms with E-state index in [0.29, 0.717) is 6.04 Å². The number of hydrogen-bond donors (Lipinski definition) is 3. The van der Waals surface area contributed by atoms with Crippen molar-refractivity contribution in [3.8, 4) is 0 Å². The number of aliphatic imine (C=N–C) groups is 1. The molecule has 0 atom stereocenters. The van der Waals surface area contributed by atoms with Gasteiger partial charge >= 0.3 is 0 Å². The standard InChI is InChI=1S/C21H31N5O/c1-26(2)20(27)15-24-21(25-17-8-4-3-5-9-17)22-13-12-16-14-23-19-11-7-6-10-18(16)19/h6-7,10-11,14,17,23H,3-5,8-9,12-13,15H2,1-2H3,(H2,22,24,25). The summed E-state index contributed by atoms with van der Waals surface area (Å²) >= 11 is 0. The number of fused-ring (bicyclic) bond motifs is 1. The van der Waals surface area contributed by atoms with E-state index in [-0.39, 0.29) is 12.5 Å². The lowest BCUT2D eigenvalue weighted by Crippen LogP contribution is -2.45. The third kappa shape index (κ3) is 5.49. The zero-order valence-electron chi connectivity index (χ0n) is 16.4. The van der Waals surface area contributed by atoms with E-state index in [0.717, 1.165) is 18.9 Å². The van der Waals surface area contributed by atoms with E-state index in [4.69, 9.17) is 0 Å². The predicted molar refractivity (Wildman–Crippen MR) is 111 cm³/mol. The van der Waals surface area contributed by atoms with Crippen molar-refractivity contribution in [2.24, 2.45) is 4.99 Å². The van der Waals surface area contributed by atoms with Crippen LogP contribution < -0.4 is 10.6 Å². The van der Waals surface area contributed by atoms with E-state index in [1.165, 1.54) is 48.6 Å². The van der Waals surface area contributed by atoms with Gasteiger partial charge in [-0.05, 0) is 30.9 Å². The normalized spacial score (nSPS) is 15.7. The van der Waals surface area contributed by atoms with E-state index in [1.54, 1.807) is 19.0 Å². The maximum absolute atomic E-state index is 11.9. The summed E-state index contributed by atoms with van der Waals surface area (Å²) in [6.45, 7) is 0.943. The highest BCUT2D eigenvalue weighted by atomic mass is 16.2. The minimum atomic E-state index is 0.0105. The van der Waals surface area contributed by atoms with Crippen LogP contribution in [0.1, 0.15) is 37.7 Å². The Hall–Kier alpha value is -2.50. The zero-order valence-corrected chi connectivity index (χ0v) is 16.4. The third-order valence-corrected chi connectivity index (χ3v) is 5.18. The molecule has 0 spiro atoms. The Bertz CT molecular complexity index is 774. The Morgan fingerprint density at radius 3 is 2.78 bits per heavy atom. The topological polar surface area (TPSA) is 72.5 Å². The number of aromatic nitrogens is 1. The summed E-state index contributed by atoms with van der Waals surface area (Å²) in [6.07, 6.45) is 9.16. The molecule has 3 rings (SSSR count). The fourth-order valence-electron chi connectivity index (χ4n) is 3.53. The molecule has 6 heteroatoms. The van der Waals surface area contributed by atoms with Gasteiger partial charge < -0.3 is 20.5 Å². The maximum atomic E-state index is 11.9. The molecular formula is C21H31N5O. The molecule has 6 nitrogen and oxygen atoms in total. The zero-order chi connectivity index (χ0) is 19.1. The Labute approximate surface area is 161 Å². The highest BCUT2D eigenvalue weighted by molar-refractivity contribution is 5.85. The molecule has 1 fully saturated rings.